The number of piperazine rings is 1. The first kappa shape index (κ1) is 11.1. The molecule has 0 aromatic carbocycles. The molecule has 0 aliphatic carbocycles. The van der Waals surface area contributed by atoms with E-state index in [9.17, 15) is 9.18 Å². The van der Waals surface area contributed by atoms with Gasteiger partial charge in [0.1, 0.15) is 12.5 Å². The molecule has 1 aliphatic rings. The van der Waals surface area contributed by atoms with Crippen LogP contribution in [-0.2, 0) is 6.54 Å². The van der Waals surface area contributed by atoms with Gasteiger partial charge in [-0.1, -0.05) is 0 Å². The summed E-state index contributed by atoms with van der Waals surface area (Å²) in [5.41, 5.74) is -0.253. The molecule has 1 aliphatic heterocycles. The summed E-state index contributed by atoms with van der Waals surface area (Å²) >= 11 is 0. The summed E-state index contributed by atoms with van der Waals surface area (Å²) in [7, 11) is 0. The summed E-state index contributed by atoms with van der Waals surface area (Å²) in [6, 6.07) is 3.14. The SMILES string of the molecule is O=c1ccc(N2CCNCC2)nn1CCF. The topological polar surface area (TPSA) is 50.2 Å². The van der Waals surface area contributed by atoms with E-state index in [1.54, 1.807) is 6.07 Å². The van der Waals surface area contributed by atoms with Gasteiger partial charge in [-0.05, 0) is 6.07 Å². The number of rotatable bonds is 3. The number of aromatic nitrogens is 2. The molecule has 5 nitrogen and oxygen atoms in total. The van der Waals surface area contributed by atoms with Crippen LogP contribution in [0.4, 0.5) is 10.2 Å². The first-order chi connectivity index (χ1) is 7.81. The summed E-state index contributed by atoms with van der Waals surface area (Å²) in [5, 5.41) is 7.39. The van der Waals surface area contributed by atoms with Gasteiger partial charge in [0.15, 0.2) is 0 Å². The molecular weight excluding hydrogens is 211 g/mol. The Morgan fingerprint density at radius 2 is 2.12 bits per heavy atom. The second-order valence-electron chi connectivity index (χ2n) is 3.68. The van der Waals surface area contributed by atoms with Crippen LogP contribution in [0, 0.1) is 0 Å². The van der Waals surface area contributed by atoms with E-state index in [4.69, 9.17) is 0 Å². The summed E-state index contributed by atoms with van der Waals surface area (Å²) in [5.74, 6) is 0.745. The van der Waals surface area contributed by atoms with E-state index < -0.39 is 6.67 Å². The van der Waals surface area contributed by atoms with Gasteiger partial charge in [-0.15, -0.1) is 0 Å². The zero-order valence-electron chi connectivity index (χ0n) is 9.03. The number of anilines is 1. The van der Waals surface area contributed by atoms with E-state index in [0.29, 0.717) is 0 Å². The van der Waals surface area contributed by atoms with Crippen LogP contribution in [0.15, 0.2) is 16.9 Å². The molecule has 0 amide bonds. The molecule has 0 radical (unpaired) electrons. The largest absolute Gasteiger partial charge is 0.353 e. The van der Waals surface area contributed by atoms with Crippen LogP contribution in [0.25, 0.3) is 0 Å². The molecule has 0 saturated carbocycles. The van der Waals surface area contributed by atoms with Gasteiger partial charge in [-0.3, -0.25) is 4.79 Å². The van der Waals surface area contributed by atoms with Crippen LogP contribution in [0.2, 0.25) is 0 Å². The van der Waals surface area contributed by atoms with Gasteiger partial charge in [0.25, 0.3) is 5.56 Å². The first-order valence-electron chi connectivity index (χ1n) is 5.41. The van der Waals surface area contributed by atoms with E-state index in [1.807, 2.05) is 0 Å². The number of halogens is 1. The van der Waals surface area contributed by atoms with Crippen molar-refractivity contribution in [3.63, 3.8) is 0 Å². The molecule has 16 heavy (non-hydrogen) atoms. The summed E-state index contributed by atoms with van der Waals surface area (Å²) in [4.78, 5) is 13.4. The van der Waals surface area contributed by atoms with Gasteiger partial charge in [-0.25, -0.2) is 9.07 Å². The Labute approximate surface area is 92.9 Å². The van der Waals surface area contributed by atoms with Crippen LogP contribution < -0.4 is 15.8 Å². The summed E-state index contributed by atoms with van der Waals surface area (Å²) in [6.45, 7) is 2.99. The minimum Gasteiger partial charge on any atom is -0.353 e. The molecule has 0 unspecified atom stereocenters. The maximum absolute atomic E-state index is 12.2. The Bertz CT molecular complexity index is 400. The number of aryl methyl sites for hydroxylation is 1. The predicted molar refractivity (Wildman–Crippen MR) is 59.6 cm³/mol. The van der Waals surface area contributed by atoms with Crippen molar-refractivity contribution < 1.29 is 4.39 Å². The fourth-order valence-corrected chi connectivity index (χ4v) is 1.74. The van der Waals surface area contributed by atoms with E-state index >= 15 is 0 Å². The highest BCUT2D eigenvalue weighted by Gasteiger charge is 2.12. The zero-order chi connectivity index (χ0) is 11.4. The normalized spacial score (nSPS) is 16.4. The third kappa shape index (κ3) is 2.38. The third-order valence-electron chi connectivity index (χ3n) is 2.59. The number of hydrogen-bond acceptors (Lipinski definition) is 4. The molecule has 1 N–H and O–H groups in total. The molecule has 0 bridgehead atoms. The molecule has 1 aromatic rings. The van der Waals surface area contributed by atoms with Crippen LogP contribution in [0.3, 0.4) is 0 Å². The number of alkyl halides is 1. The lowest BCUT2D eigenvalue weighted by atomic mass is 10.3. The Hall–Kier alpha value is -1.43. The lowest BCUT2D eigenvalue weighted by molar-refractivity contribution is 0.416. The molecule has 0 spiro atoms. The molecule has 1 fully saturated rings. The Balaban J connectivity index is 2.20. The minimum absolute atomic E-state index is 0.0266. The molecule has 1 saturated heterocycles. The maximum Gasteiger partial charge on any atom is 0.266 e. The molecule has 88 valence electrons. The summed E-state index contributed by atoms with van der Waals surface area (Å²) in [6.07, 6.45) is 0. The van der Waals surface area contributed by atoms with Gasteiger partial charge in [-0.2, -0.15) is 5.10 Å². The van der Waals surface area contributed by atoms with Crippen LogP contribution >= 0.6 is 0 Å². The maximum atomic E-state index is 12.2. The number of nitrogens with zero attached hydrogens (tertiary/aromatic N) is 3. The quantitative estimate of drug-likeness (QED) is 0.763. The fourth-order valence-electron chi connectivity index (χ4n) is 1.74. The minimum atomic E-state index is -0.572. The molecule has 2 heterocycles. The average molecular weight is 226 g/mol. The highest BCUT2D eigenvalue weighted by atomic mass is 19.1. The van der Waals surface area contributed by atoms with Gasteiger partial charge >= 0.3 is 0 Å². The van der Waals surface area contributed by atoms with Gasteiger partial charge in [0.2, 0.25) is 0 Å². The van der Waals surface area contributed by atoms with Crippen molar-refractivity contribution >= 4 is 5.82 Å². The van der Waals surface area contributed by atoms with E-state index in [2.05, 4.69) is 15.3 Å². The van der Waals surface area contributed by atoms with Crippen molar-refractivity contribution in [1.29, 1.82) is 0 Å². The lowest BCUT2D eigenvalue weighted by Gasteiger charge is -2.28. The van der Waals surface area contributed by atoms with E-state index in [-0.39, 0.29) is 12.1 Å². The van der Waals surface area contributed by atoms with Gasteiger partial charge in [0, 0.05) is 32.2 Å². The molecule has 1 aromatic heterocycles. The van der Waals surface area contributed by atoms with E-state index in [1.165, 1.54) is 10.7 Å². The zero-order valence-corrected chi connectivity index (χ0v) is 9.03. The van der Waals surface area contributed by atoms with E-state index in [0.717, 1.165) is 32.0 Å². The highest BCUT2D eigenvalue weighted by molar-refractivity contribution is 5.37. The van der Waals surface area contributed by atoms with Gasteiger partial charge in [0.05, 0.1) is 6.54 Å². The second-order valence-corrected chi connectivity index (χ2v) is 3.68. The van der Waals surface area contributed by atoms with Crippen molar-refractivity contribution in [2.45, 2.75) is 6.54 Å². The Morgan fingerprint density at radius 1 is 1.38 bits per heavy atom. The average Bonchev–Trinajstić information content (AvgIpc) is 2.33. The Kier molecular flexibility index (Phi) is 3.51. The van der Waals surface area contributed by atoms with Gasteiger partial charge < -0.3 is 10.2 Å². The number of nitrogens with one attached hydrogen (secondary N) is 1. The van der Waals surface area contributed by atoms with Crippen molar-refractivity contribution in [2.24, 2.45) is 0 Å². The molecule has 6 heteroatoms. The summed E-state index contributed by atoms with van der Waals surface area (Å²) < 4.78 is 13.4. The monoisotopic (exact) mass is 226 g/mol. The highest BCUT2D eigenvalue weighted by Crippen LogP contribution is 2.08. The smallest absolute Gasteiger partial charge is 0.266 e. The number of hydrogen-bond donors (Lipinski definition) is 1. The van der Waals surface area contributed by atoms with Crippen molar-refractivity contribution in [3.05, 3.63) is 22.5 Å². The van der Waals surface area contributed by atoms with Crippen LogP contribution in [-0.4, -0.2) is 42.6 Å². The van der Waals surface area contributed by atoms with Crippen molar-refractivity contribution in [3.8, 4) is 0 Å². The molecule has 0 atom stereocenters. The third-order valence-corrected chi connectivity index (χ3v) is 2.59. The fraction of sp³-hybridized carbons (Fsp3) is 0.600. The second kappa shape index (κ2) is 5.07. The van der Waals surface area contributed by atoms with Crippen molar-refractivity contribution in [1.82, 2.24) is 15.1 Å². The van der Waals surface area contributed by atoms with Crippen LogP contribution in [0.1, 0.15) is 0 Å². The first-order valence-corrected chi connectivity index (χ1v) is 5.41. The van der Waals surface area contributed by atoms with Crippen LogP contribution in [0.5, 0.6) is 0 Å². The molecular formula is C10H15FN4O. The van der Waals surface area contributed by atoms with Crippen molar-refractivity contribution in [2.75, 3.05) is 37.8 Å². The lowest BCUT2D eigenvalue weighted by Crippen LogP contribution is -2.44. The predicted octanol–water partition coefficient (Wildman–Crippen LogP) is -0.378. The Morgan fingerprint density at radius 3 is 2.81 bits per heavy atom. The molecule has 2 rings (SSSR count). The standard InChI is InChI=1S/C10H15FN4O/c11-3-6-15-10(16)2-1-9(13-15)14-7-4-12-5-8-14/h1-2,12H,3-8H2.